The van der Waals surface area contributed by atoms with Crippen LogP contribution in [0.5, 0.6) is 0 Å². The molecule has 9 nitrogen and oxygen atoms in total. The van der Waals surface area contributed by atoms with E-state index in [0.717, 1.165) is 28.3 Å². The van der Waals surface area contributed by atoms with Gasteiger partial charge in [0, 0.05) is 22.5 Å². The summed E-state index contributed by atoms with van der Waals surface area (Å²) < 4.78 is 3.33. The minimum Gasteiger partial charge on any atom is -0.310 e. The maximum absolute atomic E-state index is 12.7. The molecular formula is C21H21ClN8OS. The Morgan fingerprint density at radius 1 is 1.06 bits per heavy atom. The van der Waals surface area contributed by atoms with E-state index in [2.05, 4.69) is 30.6 Å². The van der Waals surface area contributed by atoms with E-state index < -0.39 is 0 Å². The van der Waals surface area contributed by atoms with Crippen LogP contribution >= 0.6 is 23.4 Å². The van der Waals surface area contributed by atoms with Gasteiger partial charge in [-0.3, -0.25) is 9.36 Å². The Kier molecular flexibility index (Phi) is 6.24. The molecule has 4 aromatic rings. The molecule has 1 aromatic carbocycles. The van der Waals surface area contributed by atoms with Gasteiger partial charge in [-0.25, -0.2) is 9.97 Å². The van der Waals surface area contributed by atoms with Crippen LogP contribution in [0.3, 0.4) is 0 Å². The van der Waals surface area contributed by atoms with Crippen molar-refractivity contribution in [1.29, 1.82) is 0 Å². The molecule has 3 aromatic heterocycles. The number of benzene rings is 1. The molecule has 0 aliphatic heterocycles. The molecule has 0 atom stereocenters. The number of anilines is 1. The van der Waals surface area contributed by atoms with Crippen molar-refractivity contribution in [1.82, 2.24) is 34.5 Å². The number of thioether (sulfide) groups is 1. The average molecular weight is 469 g/mol. The number of hydrogen-bond acceptors (Lipinski definition) is 7. The summed E-state index contributed by atoms with van der Waals surface area (Å²) in [5.74, 6) is 0.840. The van der Waals surface area contributed by atoms with Gasteiger partial charge in [0.25, 0.3) is 5.95 Å². The van der Waals surface area contributed by atoms with E-state index in [0.29, 0.717) is 21.9 Å². The molecule has 1 N–H and O–H groups in total. The third-order valence-corrected chi connectivity index (χ3v) is 5.89. The molecule has 0 aliphatic carbocycles. The number of aryl methyl sites for hydroxylation is 4. The highest BCUT2D eigenvalue weighted by Gasteiger charge is 2.16. The molecule has 164 valence electrons. The van der Waals surface area contributed by atoms with Gasteiger partial charge in [0.1, 0.15) is 12.1 Å². The molecule has 11 heteroatoms. The van der Waals surface area contributed by atoms with Crippen LogP contribution in [0.1, 0.15) is 22.6 Å². The van der Waals surface area contributed by atoms with E-state index in [9.17, 15) is 4.79 Å². The first-order valence-electron chi connectivity index (χ1n) is 9.78. The summed E-state index contributed by atoms with van der Waals surface area (Å²) in [5, 5.41) is 16.7. The van der Waals surface area contributed by atoms with Gasteiger partial charge in [-0.2, -0.15) is 9.78 Å². The predicted molar refractivity (Wildman–Crippen MR) is 124 cm³/mol. The van der Waals surface area contributed by atoms with Crippen molar-refractivity contribution in [3.63, 3.8) is 0 Å². The highest BCUT2D eigenvalue weighted by molar-refractivity contribution is 7.99. The van der Waals surface area contributed by atoms with Gasteiger partial charge in [-0.05, 0) is 51.5 Å². The lowest BCUT2D eigenvalue weighted by Crippen LogP contribution is -2.18. The number of hydrogen-bond donors (Lipinski definition) is 1. The van der Waals surface area contributed by atoms with Gasteiger partial charge < -0.3 is 5.32 Å². The fourth-order valence-corrected chi connectivity index (χ4v) is 3.99. The Balaban J connectivity index is 1.48. The molecule has 4 rings (SSSR count). The van der Waals surface area contributed by atoms with E-state index >= 15 is 0 Å². The minimum atomic E-state index is -0.211. The van der Waals surface area contributed by atoms with E-state index in [1.807, 2.05) is 52.0 Å². The van der Waals surface area contributed by atoms with Gasteiger partial charge in [0.2, 0.25) is 5.91 Å². The van der Waals surface area contributed by atoms with Crippen molar-refractivity contribution in [3.8, 4) is 11.6 Å². The normalized spacial score (nSPS) is 11.0. The molecule has 32 heavy (non-hydrogen) atoms. The molecule has 0 radical (unpaired) electrons. The zero-order valence-corrected chi connectivity index (χ0v) is 19.6. The molecule has 3 heterocycles. The van der Waals surface area contributed by atoms with Gasteiger partial charge in [0.05, 0.1) is 17.1 Å². The van der Waals surface area contributed by atoms with E-state index in [-0.39, 0.29) is 11.7 Å². The molecule has 0 bridgehead atoms. The standard InChI is InChI=1S/C21H21ClN8OS/c1-12-5-6-16(9-17(12)22)29-11-23-27-21(29)32-10-19(31)26-18-8-15(4)28-30(18)20-24-13(2)7-14(3)25-20/h5-9,11H,10H2,1-4H3,(H,26,31). The highest BCUT2D eigenvalue weighted by atomic mass is 35.5. The fourth-order valence-electron chi connectivity index (χ4n) is 3.08. The first-order valence-corrected chi connectivity index (χ1v) is 11.1. The van der Waals surface area contributed by atoms with Crippen LogP contribution in [-0.2, 0) is 4.79 Å². The third-order valence-electron chi connectivity index (χ3n) is 4.54. The fraction of sp³-hybridized carbons (Fsp3) is 0.238. The van der Waals surface area contributed by atoms with Gasteiger partial charge in [-0.1, -0.05) is 29.4 Å². The molecule has 0 saturated carbocycles. The van der Waals surface area contributed by atoms with Crippen LogP contribution < -0.4 is 5.32 Å². The van der Waals surface area contributed by atoms with E-state index in [1.165, 1.54) is 16.4 Å². The lowest BCUT2D eigenvalue weighted by Gasteiger charge is -2.09. The molecule has 0 saturated heterocycles. The van der Waals surface area contributed by atoms with Crippen molar-refractivity contribution in [2.24, 2.45) is 0 Å². The first kappa shape index (κ1) is 22.0. The van der Waals surface area contributed by atoms with Crippen LogP contribution in [0.25, 0.3) is 11.6 Å². The molecule has 0 aliphatic rings. The van der Waals surface area contributed by atoms with Gasteiger partial charge in [-0.15, -0.1) is 10.2 Å². The van der Waals surface area contributed by atoms with Crippen LogP contribution in [0, 0.1) is 27.7 Å². The van der Waals surface area contributed by atoms with Gasteiger partial charge >= 0.3 is 0 Å². The minimum absolute atomic E-state index is 0.135. The van der Waals surface area contributed by atoms with Crippen molar-refractivity contribution in [2.75, 3.05) is 11.1 Å². The van der Waals surface area contributed by atoms with Crippen molar-refractivity contribution in [2.45, 2.75) is 32.9 Å². The van der Waals surface area contributed by atoms with Crippen LogP contribution in [0.15, 0.2) is 41.8 Å². The molecule has 0 fully saturated rings. The average Bonchev–Trinajstić information content (AvgIpc) is 3.34. The van der Waals surface area contributed by atoms with E-state index in [4.69, 9.17) is 11.6 Å². The number of nitrogens with one attached hydrogen (secondary N) is 1. The van der Waals surface area contributed by atoms with Crippen LogP contribution in [0.2, 0.25) is 5.02 Å². The summed E-state index contributed by atoms with van der Waals surface area (Å²) in [6.45, 7) is 7.56. The summed E-state index contributed by atoms with van der Waals surface area (Å²) >= 11 is 7.52. The number of amides is 1. The number of carbonyl (C=O) groups is 1. The first-order chi connectivity index (χ1) is 15.3. The Morgan fingerprint density at radius 2 is 1.81 bits per heavy atom. The number of rotatable bonds is 6. The maximum Gasteiger partial charge on any atom is 0.252 e. The Morgan fingerprint density at radius 3 is 2.53 bits per heavy atom. The summed E-state index contributed by atoms with van der Waals surface area (Å²) in [4.78, 5) is 21.6. The van der Waals surface area contributed by atoms with Crippen molar-refractivity contribution in [3.05, 3.63) is 64.3 Å². The molecular weight excluding hydrogens is 448 g/mol. The number of nitrogens with zero attached hydrogens (tertiary/aromatic N) is 7. The summed E-state index contributed by atoms with van der Waals surface area (Å²) in [6, 6.07) is 9.36. The number of aromatic nitrogens is 7. The predicted octanol–water partition coefficient (Wildman–Crippen LogP) is 3.86. The second-order valence-electron chi connectivity index (χ2n) is 7.29. The summed E-state index contributed by atoms with van der Waals surface area (Å²) in [6.07, 6.45) is 1.59. The largest absolute Gasteiger partial charge is 0.310 e. The summed E-state index contributed by atoms with van der Waals surface area (Å²) in [5.41, 5.74) is 4.20. The molecule has 0 unspecified atom stereocenters. The van der Waals surface area contributed by atoms with Gasteiger partial charge in [0.15, 0.2) is 5.16 Å². The zero-order chi connectivity index (χ0) is 22.8. The smallest absolute Gasteiger partial charge is 0.252 e. The Hall–Kier alpha value is -3.24. The van der Waals surface area contributed by atoms with Crippen molar-refractivity contribution >= 4 is 35.1 Å². The lowest BCUT2D eigenvalue weighted by molar-refractivity contribution is -0.113. The van der Waals surface area contributed by atoms with Crippen LogP contribution in [-0.4, -0.2) is 46.2 Å². The number of carbonyl (C=O) groups excluding carboxylic acids is 1. The topological polar surface area (TPSA) is 103 Å². The molecule has 0 spiro atoms. The Labute approximate surface area is 194 Å². The number of halogens is 1. The van der Waals surface area contributed by atoms with Crippen LogP contribution in [0.4, 0.5) is 5.82 Å². The Bertz CT molecular complexity index is 1280. The SMILES string of the molecule is Cc1cc(C)nc(-n2nc(C)cc2NC(=O)CSc2nncn2-c2ccc(C)c(Cl)c2)n1. The second-order valence-corrected chi connectivity index (χ2v) is 8.64. The molecule has 1 amide bonds. The highest BCUT2D eigenvalue weighted by Crippen LogP contribution is 2.24. The van der Waals surface area contributed by atoms with Crippen molar-refractivity contribution < 1.29 is 4.79 Å². The van der Waals surface area contributed by atoms with E-state index in [1.54, 1.807) is 17.0 Å². The quantitative estimate of drug-likeness (QED) is 0.428. The maximum atomic E-state index is 12.7. The zero-order valence-electron chi connectivity index (χ0n) is 18.0. The second kappa shape index (κ2) is 9.09. The monoisotopic (exact) mass is 468 g/mol. The summed E-state index contributed by atoms with van der Waals surface area (Å²) in [7, 11) is 0. The lowest BCUT2D eigenvalue weighted by atomic mass is 10.2. The third kappa shape index (κ3) is 4.81.